The molecule has 136 valence electrons. The van der Waals surface area contributed by atoms with E-state index < -0.39 is 17.9 Å². The first-order valence-electron chi connectivity index (χ1n) is 8.74. The van der Waals surface area contributed by atoms with Crippen molar-refractivity contribution < 1.29 is 19.5 Å². The third kappa shape index (κ3) is 4.59. The van der Waals surface area contributed by atoms with E-state index in [0.717, 1.165) is 17.7 Å². The van der Waals surface area contributed by atoms with Gasteiger partial charge in [-0.3, -0.25) is 14.4 Å². The molecule has 1 aliphatic rings. The molecule has 1 aromatic rings. The Morgan fingerprint density at radius 2 is 2.00 bits per heavy atom. The van der Waals surface area contributed by atoms with Gasteiger partial charge in [-0.2, -0.15) is 0 Å². The summed E-state index contributed by atoms with van der Waals surface area (Å²) in [7, 11) is 0. The van der Waals surface area contributed by atoms with E-state index in [-0.39, 0.29) is 24.7 Å². The maximum atomic E-state index is 12.5. The largest absolute Gasteiger partial charge is 0.481 e. The molecule has 0 radical (unpaired) electrons. The van der Waals surface area contributed by atoms with Crippen LogP contribution in [-0.2, 0) is 14.4 Å². The second-order valence-corrected chi connectivity index (χ2v) is 6.78. The summed E-state index contributed by atoms with van der Waals surface area (Å²) < 4.78 is 0. The molecule has 3 atom stereocenters. The number of hydrogen-bond acceptors (Lipinski definition) is 3. The minimum Gasteiger partial charge on any atom is -0.481 e. The van der Waals surface area contributed by atoms with Crippen LogP contribution in [0.2, 0.25) is 0 Å². The molecule has 6 nitrogen and oxygen atoms in total. The smallest absolute Gasteiger partial charge is 0.305 e. The summed E-state index contributed by atoms with van der Waals surface area (Å²) in [4.78, 5) is 37.2. The van der Waals surface area contributed by atoms with Gasteiger partial charge in [0, 0.05) is 24.7 Å². The monoisotopic (exact) mass is 346 g/mol. The van der Waals surface area contributed by atoms with Crippen molar-refractivity contribution in [2.45, 2.75) is 52.0 Å². The van der Waals surface area contributed by atoms with Crippen LogP contribution in [0.3, 0.4) is 0 Å². The Hall–Kier alpha value is -2.37. The van der Waals surface area contributed by atoms with Crippen LogP contribution in [0.15, 0.2) is 24.3 Å². The predicted octanol–water partition coefficient (Wildman–Crippen LogP) is 2.53. The van der Waals surface area contributed by atoms with Gasteiger partial charge in [-0.25, -0.2) is 0 Å². The summed E-state index contributed by atoms with van der Waals surface area (Å²) in [6.45, 7) is 6.21. The Morgan fingerprint density at radius 1 is 1.32 bits per heavy atom. The number of carboxylic acids is 1. The number of carbonyl (C=O) groups is 3. The van der Waals surface area contributed by atoms with Crippen molar-refractivity contribution in [2.75, 3.05) is 11.4 Å². The molecule has 3 unspecified atom stereocenters. The Morgan fingerprint density at radius 3 is 2.64 bits per heavy atom. The molecule has 0 spiro atoms. The van der Waals surface area contributed by atoms with E-state index in [1.54, 1.807) is 11.8 Å². The Balaban J connectivity index is 2.10. The number of nitrogens with one attached hydrogen (secondary N) is 1. The Kier molecular flexibility index (Phi) is 6.17. The zero-order valence-corrected chi connectivity index (χ0v) is 15.0. The highest BCUT2D eigenvalue weighted by atomic mass is 16.4. The number of anilines is 1. The number of benzene rings is 1. The molecule has 1 aliphatic heterocycles. The van der Waals surface area contributed by atoms with Crippen molar-refractivity contribution >= 4 is 23.5 Å². The van der Waals surface area contributed by atoms with Crippen LogP contribution in [0.4, 0.5) is 5.69 Å². The van der Waals surface area contributed by atoms with Crippen LogP contribution in [0, 0.1) is 5.92 Å². The number of hydrogen-bond donors (Lipinski definition) is 2. The first-order chi connectivity index (χ1) is 11.8. The first-order valence-corrected chi connectivity index (χ1v) is 8.74. The quantitative estimate of drug-likeness (QED) is 0.794. The van der Waals surface area contributed by atoms with Gasteiger partial charge in [-0.05, 0) is 30.9 Å². The fraction of sp³-hybridized carbons (Fsp3) is 0.526. The van der Waals surface area contributed by atoms with Gasteiger partial charge < -0.3 is 15.3 Å². The first kappa shape index (κ1) is 19.0. The molecule has 6 heteroatoms. The van der Waals surface area contributed by atoms with Crippen molar-refractivity contribution in [3.63, 3.8) is 0 Å². The summed E-state index contributed by atoms with van der Waals surface area (Å²) in [5.41, 5.74) is 1.98. The van der Waals surface area contributed by atoms with Gasteiger partial charge in [0.25, 0.3) is 0 Å². The van der Waals surface area contributed by atoms with Crippen LogP contribution >= 0.6 is 0 Å². The highest BCUT2D eigenvalue weighted by Gasteiger charge is 2.36. The van der Waals surface area contributed by atoms with Gasteiger partial charge >= 0.3 is 5.97 Å². The lowest BCUT2D eigenvalue weighted by molar-refractivity contribution is -0.137. The number of amides is 2. The number of para-hydroxylation sites is 1. The highest BCUT2D eigenvalue weighted by Crippen LogP contribution is 2.33. The predicted molar refractivity (Wildman–Crippen MR) is 95.5 cm³/mol. The minimum absolute atomic E-state index is 0.0678. The molecule has 0 aromatic heterocycles. The molecule has 25 heavy (non-hydrogen) atoms. The number of carboxylic acid groups (broad SMARTS) is 1. The normalized spacial score (nSPS) is 19.6. The van der Waals surface area contributed by atoms with Crippen LogP contribution in [0.1, 0.15) is 51.5 Å². The van der Waals surface area contributed by atoms with Crippen molar-refractivity contribution in [2.24, 2.45) is 5.92 Å². The summed E-state index contributed by atoms with van der Waals surface area (Å²) in [6, 6.07) is 7.35. The molecule has 2 amide bonds. The third-order valence-electron chi connectivity index (χ3n) is 4.74. The van der Waals surface area contributed by atoms with Crippen LogP contribution in [0.25, 0.3) is 0 Å². The highest BCUT2D eigenvalue weighted by molar-refractivity contribution is 6.01. The van der Waals surface area contributed by atoms with Gasteiger partial charge in [0.05, 0.1) is 12.3 Å². The molecule has 2 N–H and O–H groups in total. The molecular formula is C19H26N2O4. The van der Waals surface area contributed by atoms with Crippen molar-refractivity contribution in [1.82, 2.24) is 5.32 Å². The lowest BCUT2D eigenvalue weighted by atomic mass is 9.96. The zero-order chi connectivity index (χ0) is 18.6. The van der Waals surface area contributed by atoms with Crippen molar-refractivity contribution in [3.8, 4) is 0 Å². The maximum absolute atomic E-state index is 12.5. The van der Waals surface area contributed by atoms with Crippen LogP contribution in [-0.4, -0.2) is 35.5 Å². The number of aliphatic carboxylic acids is 1. The SMILES string of the molecule is CCC(C)c1ccccc1N1CC(C(=O)NC(C)CC(=O)O)CC1=O. The van der Waals surface area contributed by atoms with Gasteiger partial charge in [0.15, 0.2) is 0 Å². The zero-order valence-electron chi connectivity index (χ0n) is 15.0. The second kappa shape index (κ2) is 8.14. The van der Waals surface area contributed by atoms with E-state index in [1.165, 1.54) is 0 Å². The molecule has 1 heterocycles. The van der Waals surface area contributed by atoms with Crippen molar-refractivity contribution in [1.29, 1.82) is 0 Å². The summed E-state index contributed by atoms with van der Waals surface area (Å²) in [5, 5.41) is 11.5. The van der Waals surface area contributed by atoms with Gasteiger partial charge in [0.2, 0.25) is 11.8 Å². The Labute approximate surface area is 148 Å². The van der Waals surface area contributed by atoms with E-state index in [2.05, 4.69) is 19.2 Å². The summed E-state index contributed by atoms with van der Waals surface area (Å²) in [5.74, 6) is -1.41. The Bertz CT molecular complexity index is 659. The van der Waals surface area contributed by atoms with E-state index in [9.17, 15) is 14.4 Å². The van der Waals surface area contributed by atoms with E-state index in [4.69, 9.17) is 5.11 Å². The average molecular weight is 346 g/mol. The number of carbonyl (C=O) groups excluding carboxylic acids is 2. The van der Waals surface area contributed by atoms with Gasteiger partial charge in [-0.15, -0.1) is 0 Å². The van der Waals surface area contributed by atoms with E-state index in [1.807, 2.05) is 24.3 Å². The van der Waals surface area contributed by atoms with E-state index >= 15 is 0 Å². The molecule has 0 aliphatic carbocycles. The van der Waals surface area contributed by atoms with Crippen LogP contribution in [0.5, 0.6) is 0 Å². The molecule has 1 saturated heterocycles. The molecule has 0 bridgehead atoms. The van der Waals surface area contributed by atoms with E-state index in [0.29, 0.717) is 12.5 Å². The average Bonchev–Trinajstić information content (AvgIpc) is 2.95. The standard InChI is InChI=1S/C19H26N2O4/c1-4-12(2)15-7-5-6-8-16(15)21-11-14(10-17(21)22)19(25)20-13(3)9-18(23)24/h5-8,12-14H,4,9-11H2,1-3H3,(H,20,25)(H,23,24). The topological polar surface area (TPSA) is 86.7 Å². The lowest BCUT2D eigenvalue weighted by Gasteiger charge is -2.23. The van der Waals surface area contributed by atoms with Gasteiger partial charge in [0.1, 0.15) is 0 Å². The van der Waals surface area contributed by atoms with Crippen LogP contribution < -0.4 is 10.2 Å². The molecule has 2 rings (SSSR count). The maximum Gasteiger partial charge on any atom is 0.305 e. The molecule has 0 saturated carbocycles. The summed E-state index contributed by atoms with van der Waals surface area (Å²) in [6.07, 6.45) is 0.989. The van der Waals surface area contributed by atoms with Gasteiger partial charge in [-0.1, -0.05) is 32.0 Å². The molecule has 1 aromatic carbocycles. The third-order valence-corrected chi connectivity index (χ3v) is 4.74. The summed E-state index contributed by atoms with van der Waals surface area (Å²) >= 11 is 0. The lowest BCUT2D eigenvalue weighted by Crippen LogP contribution is -2.39. The fourth-order valence-electron chi connectivity index (χ4n) is 3.16. The molecular weight excluding hydrogens is 320 g/mol. The van der Waals surface area contributed by atoms with Crippen molar-refractivity contribution in [3.05, 3.63) is 29.8 Å². The minimum atomic E-state index is -0.959. The second-order valence-electron chi connectivity index (χ2n) is 6.78. The number of nitrogens with zero attached hydrogens (tertiary/aromatic N) is 1. The number of rotatable bonds is 7. The fourth-order valence-corrected chi connectivity index (χ4v) is 3.16. The molecule has 1 fully saturated rings.